The molecule has 0 spiro atoms. The van der Waals surface area contributed by atoms with Crippen molar-refractivity contribution in [2.45, 2.75) is 32.1 Å². The summed E-state index contributed by atoms with van der Waals surface area (Å²) in [5.41, 5.74) is 10.9. The number of hydrogen-bond acceptors (Lipinski definition) is 2. The molecule has 1 aromatic heterocycles. The van der Waals surface area contributed by atoms with Crippen LogP contribution in [-0.2, 0) is 6.42 Å². The Morgan fingerprint density at radius 3 is 1.78 bits per heavy atom. The number of benzene rings is 7. The van der Waals surface area contributed by atoms with Crippen LogP contribution in [0.1, 0.15) is 43.0 Å². The Hall–Kier alpha value is -5.57. The van der Waals surface area contributed by atoms with Gasteiger partial charge in [-0.3, -0.25) is 0 Å². The summed E-state index contributed by atoms with van der Waals surface area (Å²) < 4.78 is 6.20. The van der Waals surface area contributed by atoms with Gasteiger partial charge in [-0.05, 0) is 115 Å². The van der Waals surface area contributed by atoms with Crippen molar-refractivity contribution < 1.29 is 4.42 Å². The first-order valence-corrected chi connectivity index (χ1v) is 18.1. The van der Waals surface area contributed by atoms with Crippen LogP contribution in [0.5, 0.6) is 0 Å². The molecule has 0 saturated heterocycles. The van der Waals surface area contributed by atoms with Crippen molar-refractivity contribution in [2.75, 3.05) is 0 Å². The summed E-state index contributed by atoms with van der Waals surface area (Å²) in [7, 11) is 0. The van der Waals surface area contributed by atoms with Crippen molar-refractivity contribution >= 4 is 82.7 Å². The molecule has 0 unspecified atom stereocenters. The van der Waals surface area contributed by atoms with Crippen LogP contribution >= 0.6 is 11.8 Å². The van der Waals surface area contributed by atoms with E-state index >= 15 is 0 Å². The summed E-state index contributed by atoms with van der Waals surface area (Å²) in [6, 6.07) is 45.8. The first-order valence-electron chi connectivity index (χ1n) is 17.3. The van der Waals surface area contributed by atoms with Crippen molar-refractivity contribution in [1.29, 1.82) is 0 Å². The summed E-state index contributed by atoms with van der Waals surface area (Å²) >= 11 is 1.91. The van der Waals surface area contributed by atoms with Gasteiger partial charge in [0.2, 0.25) is 0 Å². The maximum atomic E-state index is 6.20. The molecule has 240 valence electrons. The molecule has 0 fully saturated rings. The van der Waals surface area contributed by atoms with E-state index < -0.39 is 0 Å². The second-order valence-electron chi connectivity index (χ2n) is 13.4. The van der Waals surface area contributed by atoms with E-state index in [2.05, 4.69) is 166 Å². The fourth-order valence-corrected chi connectivity index (χ4v) is 8.86. The molecule has 1 nitrogen and oxygen atoms in total. The summed E-state index contributed by atoms with van der Waals surface area (Å²) in [6.45, 7) is 6.70. The van der Waals surface area contributed by atoms with Gasteiger partial charge in [0.15, 0.2) is 0 Å². The molecule has 0 saturated carbocycles. The van der Waals surface area contributed by atoms with E-state index in [0.717, 1.165) is 17.6 Å². The second-order valence-corrected chi connectivity index (χ2v) is 14.5. The smallest absolute Gasteiger partial charge is 0.136 e. The molecule has 0 bridgehead atoms. The molecule has 1 aliphatic heterocycles. The van der Waals surface area contributed by atoms with Gasteiger partial charge in [0.25, 0.3) is 0 Å². The second kappa shape index (κ2) is 12.4. The largest absolute Gasteiger partial charge is 0.456 e. The van der Waals surface area contributed by atoms with Crippen molar-refractivity contribution in [1.82, 2.24) is 0 Å². The number of fused-ring (bicyclic) bond motifs is 8. The summed E-state index contributed by atoms with van der Waals surface area (Å²) in [5.74, 6) is 0. The highest BCUT2D eigenvalue weighted by atomic mass is 32.2. The Kier molecular flexibility index (Phi) is 7.56. The van der Waals surface area contributed by atoms with Gasteiger partial charge in [-0.1, -0.05) is 145 Å². The van der Waals surface area contributed by atoms with Gasteiger partial charge in [0.05, 0.1) is 0 Å². The lowest BCUT2D eigenvalue weighted by atomic mass is 9.86. The molecule has 0 N–H and O–H groups in total. The van der Waals surface area contributed by atoms with E-state index in [9.17, 15) is 0 Å². The Morgan fingerprint density at radius 1 is 0.520 bits per heavy atom. The predicted octanol–water partition coefficient (Wildman–Crippen LogP) is 14.2. The summed E-state index contributed by atoms with van der Waals surface area (Å²) in [6.07, 6.45) is 10.2. The van der Waals surface area contributed by atoms with Gasteiger partial charge < -0.3 is 4.42 Å². The zero-order valence-corrected chi connectivity index (χ0v) is 29.3. The van der Waals surface area contributed by atoms with E-state index in [0.29, 0.717) is 0 Å². The van der Waals surface area contributed by atoms with E-state index in [1.165, 1.54) is 91.9 Å². The highest BCUT2D eigenvalue weighted by molar-refractivity contribution is 8.03. The van der Waals surface area contributed by atoms with Gasteiger partial charge in [0.1, 0.15) is 11.2 Å². The van der Waals surface area contributed by atoms with Gasteiger partial charge >= 0.3 is 0 Å². The molecule has 9 rings (SSSR count). The highest BCUT2D eigenvalue weighted by Crippen LogP contribution is 2.46. The zero-order valence-electron chi connectivity index (χ0n) is 28.5. The molecule has 50 heavy (non-hydrogen) atoms. The number of allylic oxidation sites excluding steroid dienone is 8. The average Bonchev–Trinajstić information content (AvgIpc) is 3.75. The molecule has 0 atom stereocenters. The third kappa shape index (κ3) is 5.19. The fourth-order valence-electron chi connectivity index (χ4n) is 7.68. The Balaban J connectivity index is 1.11. The molecular weight excluding hydrogens is 625 g/mol. The quantitative estimate of drug-likeness (QED) is 0.135. The number of rotatable bonds is 5. The SMILES string of the molecule is C/C(=C\C=C(/C)c1c2ccccc2c(/C(C)=C/C=C2\Cc3ccc4cc5oc6ccccc6c5cc4c3S2)c2ccccc12)c1ccccc1. The monoisotopic (exact) mass is 660 g/mol. The van der Waals surface area contributed by atoms with Crippen LogP contribution in [0.4, 0.5) is 0 Å². The first kappa shape index (κ1) is 30.5. The van der Waals surface area contributed by atoms with Gasteiger partial charge in [0, 0.05) is 22.1 Å². The van der Waals surface area contributed by atoms with Crippen LogP contribution in [0.25, 0.3) is 71.0 Å². The number of hydrogen-bond donors (Lipinski definition) is 0. The summed E-state index contributed by atoms with van der Waals surface area (Å²) in [5, 5.41) is 10.0. The fraction of sp³-hybridized carbons (Fsp3) is 0.0833. The van der Waals surface area contributed by atoms with E-state index in [-0.39, 0.29) is 0 Å². The van der Waals surface area contributed by atoms with Gasteiger partial charge in [-0.15, -0.1) is 0 Å². The van der Waals surface area contributed by atoms with Crippen molar-refractivity contribution in [3.05, 3.63) is 179 Å². The van der Waals surface area contributed by atoms with Crippen molar-refractivity contribution in [2.24, 2.45) is 0 Å². The lowest BCUT2D eigenvalue weighted by Crippen LogP contribution is -1.93. The molecule has 0 aliphatic carbocycles. The predicted molar refractivity (Wildman–Crippen MR) is 218 cm³/mol. The van der Waals surface area contributed by atoms with E-state index in [1.54, 1.807) is 0 Å². The van der Waals surface area contributed by atoms with Crippen molar-refractivity contribution in [3.63, 3.8) is 0 Å². The molecule has 7 aromatic carbocycles. The molecule has 2 heteroatoms. The van der Waals surface area contributed by atoms with Crippen LogP contribution in [0.2, 0.25) is 0 Å². The van der Waals surface area contributed by atoms with E-state index in [1.807, 2.05) is 17.8 Å². The topological polar surface area (TPSA) is 13.1 Å². The standard InChI is InChI=1S/C48H36OS/c1-30(33-13-5-4-6-14-33)21-22-31(2)46-38-16-7-9-18-40(38)47(41-19-10-8-17-39(41)46)32(3)23-26-36-27-35-25-24-34-28-45-43(29-42(34)48(35)50-36)37-15-11-12-20-44(37)49-45/h4-26,28-29H,27H2,1-3H3/b30-21+,31-22+,32-23+,36-26+. The maximum absolute atomic E-state index is 6.20. The van der Waals surface area contributed by atoms with Crippen LogP contribution < -0.4 is 0 Å². The molecule has 2 heterocycles. The zero-order chi connectivity index (χ0) is 33.8. The first-order chi connectivity index (χ1) is 24.5. The minimum atomic E-state index is 0.942. The number of para-hydroxylation sites is 1. The normalized spacial score (nSPS) is 14.9. The molecule has 0 amide bonds. The minimum absolute atomic E-state index is 0.942. The van der Waals surface area contributed by atoms with Gasteiger partial charge in [-0.25, -0.2) is 0 Å². The lowest BCUT2D eigenvalue weighted by Gasteiger charge is -2.18. The van der Waals surface area contributed by atoms with Crippen LogP contribution in [-0.4, -0.2) is 0 Å². The Bertz CT molecular complexity index is 2710. The lowest BCUT2D eigenvalue weighted by molar-refractivity contribution is 0.669. The Labute approximate surface area is 296 Å². The maximum Gasteiger partial charge on any atom is 0.136 e. The third-order valence-electron chi connectivity index (χ3n) is 10.2. The number of thioether (sulfide) groups is 1. The molecule has 1 aliphatic rings. The van der Waals surface area contributed by atoms with Crippen LogP contribution in [0.3, 0.4) is 0 Å². The third-order valence-corrected chi connectivity index (χ3v) is 11.4. The molecular formula is C48H36OS. The van der Waals surface area contributed by atoms with Crippen molar-refractivity contribution in [3.8, 4) is 0 Å². The van der Waals surface area contributed by atoms with E-state index in [4.69, 9.17) is 4.42 Å². The highest BCUT2D eigenvalue weighted by Gasteiger charge is 2.21. The van der Waals surface area contributed by atoms with Crippen LogP contribution in [0, 0.1) is 0 Å². The summed E-state index contributed by atoms with van der Waals surface area (Å²) in [4.78, 5) is 2.74. The molecule has 0 radical (unpaired) electrons. The van der Waals surface area contributed by atoms with Crippen LogP contribution in [0.15, 0.2) is 166 Å². The Morgan fingerprint density at radius 2 is 1.10 bits per heavy atom. The minimum Gasteiger partial charge on any atom is -0.456 e. The molecule has 8 aromatic rings. The average molecular weight is 661 g/mol. The van der Waals surface area contributed by atoms with Gasteiger partial charge in [-0.2, -0.15) is 0 Å². The number of furan rings is 1.